The van der Waals surface area contributed by atoms with E-state index >= 15 is 0 Å². The largest absolute Gasteiger partial charge is 0.354 e. The summed E-state index contributed by atoms with van der Waals surface area (Å²) in [6, 6.07) is 2.03. The molecule has 1 aromatic rings. The van der Waals surface area contributed by atoms with E-state index < -0.39 is 0 Å². The van der Waals surface area contributed by atoms with Gasteiger partial charge in [-0.05, 0) is 42.3 Å². The Labute approximate surface area is 111 Å². The van der Waals surface area contributed by atoms with E-state index in [1.807, 2.05) is 12.3 Å². The van der Waals surface area contributed by atoms with Crippen molar-refractivity contribution in [2.75, 3.05) is 11.9 Å². The smallest absolute Gasteiger partial charge is 0.133 e. The Morgan fingerprint density at radius 3 is 2.62 bits per heavy atom. The zero-order valence-corrected chi connectivity index (χ0v) is 12.6. The van der Waals surface area contributed by atoms with E-state index in [0.29, 0.717) is 5.88 Å². The molecule has 0 N–H and O–H groups in total. The Hall–Kier alpha value is -0.280. The summed E-state index contributed by atoms with van der Waals surface area (Å²) in [5, 5.41) is 0. The predicted octanol–water partition coefficient (Wildman–Crippen LogP) is 4.21. The van der Waals surface area contributed by atoms with Crippen LogP contribution < -0.4 is 4.90 Å². The molecule has 0 fully saturated rings. The van der Waals surface area contributed by atoms with Crippen LogP contribution in [0.4, 0.5) is 5.82 Å². The van der Waals surface area contributed by atoms with Crippen LogP contribution in [0.1, 0.15) is 32.8 Å². The second-order valence-corrected chi connectivity index (χ2v) is 5.68. The summed E-state index contributed by atoms with van der Waals surface area (Å²) in [7, 11) is 2.07. The summed E-state index contributed by atoms with van der Waals surface area (Å²) in [4.78, 5) is 6.65. The molecule has 0 radical (unpaired) electrons. The van der Waals surface area contributed by atoms with Gasteiger partial charge in [-0.2, -0.15) is 0 Å². The summed E-state index contributed by atoms with van der Waals surface area (Å²) in [5.41, 5.74) is 1.14. The van der Waals surface area contributed by atoms with Gasteiger partial charge in [0.25, 0.3) is 0 Å². The van der Waals surface area contributed by atoms with Crippen molar-refractivity contribution in [1.82, 2.24) is 4.98 Å². The van der Waals surface area contributed by atoms with Crippen LogP contribution in [0.5, 0.6) is 0 Å². The van der Waals surface area contributed by atoms with Gasteiger partial charge in [0.1, 0.15) is 5.82 Å². The molecule has 0 aliphatic carbocycles. The first kappa shape index (κ1) is 13.8. The molecule has 4 heteroatoms. The number of alkyl halides is 1. The summed E-state index contributed by atoms with van der Waals surface area (Å²) < 4.78 is 0.967. The van der Waals surface area contributed by atoms with E-state index in [1.54, 1.807) is 0 Å². The lowest BCUT2D eigenvalue weighted by molar-refractivity contribution is 0.466. The molecule has 2 nitrogen and oxygen atoms in total. The monoisotopic (exact) mass is 304 g/mol. The molecule has 16 heavy (non-hydrogen) atoms. The standard InChI is InChI=1S/C12H18BrClN2/c1-5-12(2,3)16(4)11-9(7-14)6-10(13)8-15-11/h6,8H,5,7H2,1-4H3. The highest BCUT2D eigenvalue weighted by Gasteiger charge is 2.24. The van der Waals surface area contributed by atoms with E-state index in [2.05, 4.69) is 53.6 Å². The first-order valence-corrected chi connectivity index (χ1v) is 6.69. The average molecular weight is 306 g/mol. The third-order valence-electron chi connectivity index (χ3n) is 3.14. The van der Waals surface area contributed by atoms with Crippen LogP contribution in [-0.4, -0.2) is 17.6 Å². The van der Waals surface area contributed by atoms with Gasteiger partial charge in [0.15, 0.2) is 0 Å². The first-order valence-electron chi connectivity index (χ1n) is 5.36. The van der Waals surface area contributed by atoms with Crippen molar-refractivity contribution in [2.24, 2.45) is 0 Å². The Balaban J connectivity index is 3.13. The number of anilines is 1. The van der Waals surface area contributed by atoms with Gasteiger partial charge in [0.05, 0.1) is 5.88 Å². The van der Waals surface area contributed by atoms with Crippen molar-refractivity contribution >= 4 is 33.3 Å². The molecule has 0 saturated carbocycles. The summed E-state index contributed by atoms with van der Waals surface area (Å²) in [5.74, 6) is 1.44. The second-order valence-electron chi connectivity index (χ2n) is 4.49. The molecule has 0 saturated heterocycles. The quantitative estimate of drug-likeness (QED) is 0.775. The molecule has 0 amide bonds. The Morgan fingerprint density at radius 2 is 2.12 bits per heavy atom. The zero-order valence-electron chi connectivity index (χ0n) is 10.2. The van der Waals surface area contributed by atoms with E-state index in [0.717, 1.165) is 22.3 Å². The highest BCUT2D eigenvalue weighted by molar-refractivity contribution is 9.10. The number of hydrogen-bond donors (Lipinski definition) is 0. The molecule has 90 valence electrons. The third-order valence-corrected chi connectivity index (χ3v) is 3.87. The molecular formula is C12H18BrClN2. The van der Waals surface area contributed by atoms with Crippen molar-refractivity contribution in [2.45, 2.75) is 38.6 Å². The fourth-order valence-electron chi connectivity index (χ4n) is 1.40. The number of aromatic nitrogens is 1. The normalized spacial score (nSPS) is 11.6. The zero-order chi connectivity index (χ0) is 12.3. The Kier molecular flexibility index (Phi) is 4.62. The molecular weight excluding hydrogens is 288 g/mol. The van der Waals surface area contributed by atoms with E-state index in [9.17, 15) is 0 Å². The number of halogens is 2. The topological polar surface area (TPSA) is 16.1 Å². The number of hydrogen-bond acceptors (Lipinski definition) is 2. The number of nitrogens with zero attached hydrogens (tertiary/aromatic N) is 2. The maximum Gasteiger partial charge on any atom is 0.133 e. The fourth-order valence-corrected chi connectivity index (χ4v) is 1.97. The summed E-state index contributed by atoms with van der Waals surface area (Å²) in [6.45, 7) is 6.58. The van der Waals surface area contributed by atoms with E-state index in [4.69, 9.17) is 11.6 Å². The first-order chi connectivity index (χ1) is 7.42. The van der Waals surface area contributed by atoms with Gasteiger partial charge in [-0.15, -0.1) is 11.6 Å². The van der Waals surface area contributed by atoms with Crippen molar-refractivity contribution < 1.29 is 0 Å². The molecule has 1 aromatic heterocycles. The number of pyridine rings is 1. The molecule has 1 heterocycles. The van der Waals surface area contributed by atoms with Gasteiger partial charge in [-0.1, -0.05) is 6.92 Å². The number of rotatable bonds is 4. The van der Waals surface area contributed by atoms with Crippen molar-refractivity contribution in [1.29, 1.82) is 0 Å². The summed E-state index contributed by atoms with van der Waals surface area (Å²) >= 11 is 9.37. The molecule has 0 atom stereocenters. The highest BCUT2D eigenvalue weighted by atomic mass is 79.9. The maximum absolute atomic E-state index is 5.95. The van der Waals surface area contributed by atoms with Crippen LogP contribution >= 0.6 is 27.5 Å². The van der Waals surface area contributed by atoms with Gasteiger partial charge in [-0.25, -0.2) is 4.98 Å². The van der Waals surface area contributed by atoms with Crippen LogP contribution in [0, 0.1) is 0 Å². The Bertz CT molecular complexity index is 366. The van der Waals surface area contributed by atoms with Crippen LogP contribution in [0.25, 0.3) is 0 Å². The molecule has 0 bridgehead atoms. The minimum Gasteiger partial charge on any atom is -0.354 e. The average Bonchev–Trinajstić information content (AvgIpc) is 2.27. The lowest BCUT2D eigenvalue weighted by Crippen LogP contribution is -2.41. The van der Waals surface area contributed by atoms with Gasteiger partial charge >= 0.3 is 0 Å². The maximum atomic E-state index is 5.95. The minimum atomic E-state index is 0.0850. The van der Waals surface area contributed by atoms with Gasteiger partial charge < -0.3 is 4.90 Å². The molecule has 0 unspecified atom stereocenters. The van der Waals surface area contributed by atoms with Crippen molar-refractivity contribution in [3.63, 3.8) is 0 Å². The van der Waals surface area contributed by atoms with Gasteiger partial charge in [-0.3, -0.25) is 0 Å². The Morgan fingerprint density at radius 1 is 1.50 bits per heavy atom. The molecule has 0 aliphatic rings. The van der Waals surface area contributed by atoms with E-state index in [-0.39, 0.29) is 5.54 Å². The van der Waals surface area contributed by atoms with Gasteiger partial charge in [0, 0.05) is 28.8 Å². The summed E-state index contributed by atoms with van der Waals surface area (Å²) in [6.07, 6.45) is 2.87. The SMILES string of the molecule is CCC(C)(C)N(C)c1ncc(Br)cc1CCl. The van der Waals surface area contributed by atoms with Crippen molar-refractivity contribution in [3.8, 4) is 0 Å². The van der Waals surface area contributed by atoms with Crippen LogP contribution in [0.15, 0.2) is 16.7 Å². The predicted molar refractivity (Wildman–Crippen MR) is 74.3 cm³/mol. The fraction of sp³-hybridized carbons (Fsp3) is 0.583. The third kappa shape index (κ3) is 2.89. The molecule has 0 aliphatic heterocycles. The molecule has 0 spiro atoms. The lowest BCUT2D eigenvalue weighted by Gasteiger charge is -2.36. The van der Waals surface area contributed by atoms with Gasteiger partial charge in [0.2, 0.25) is 0 Å². The van der Waals surface area contributed by atoms with Crippen LogP contribution in [0.3, 0.4) is 0 Å². The van der Waals surface area contributed by atoms with Crippen LogP contribution in [0.2, 0.25) is 0 Å². The van der Waals surface area contributed by atoms with Crippen molar-refractivity contribution in [3.05, 3.63) is 22.3 Å². The molecule has 1 rings (SSSR count). The minimum absolute atomic E-state index is 0.0850. The highest BCUT2D eigenvalue weighted by Crippen LogP contribution is 2.28. The lowest BCUT2D eigenvalue weighted by atomic mass is 9.99. The van der Waals surface area contributed by atoms with E-state index in [1.165, 1.54) is 0 Å². The van der Waals surface area contributed by atoms with Crippen LogP contribution in [-0.2, 0) is 5.88 Å². The molecule has 0 aromatic carbocycles. The second kappa shape index (κ2) is 5.37.